The van der Waals surface area contributed by atoms with E-state index in [-0.39, 0.29) is 0 Å². The molecule has 3 rings (SSSR count). The fraction of sp³-hybridized carbons (Fsp3) is 0.462. The highest BCUT2D eigenvalue weighted by atomic mass is 16.5. The van der Waals surface area contributed by atoms with Crippen LogP contribution >= 0.6 is 0 Å². The Hall–Kier alpha value is -2.86. The van der Waals surface area contributed by atoms with E-state index >= 15 is 0 Å². The summed E-state index contributed by atoms with van der Waals surface area (Å²) in [6.07, 6.45) is 7.54. The van der Waals surface area contributed by atoms with Crippen molar-refractivity contribution in [1.82, 2.24) is 4.90 Å². The summed E-state index contributed by atoms with van der Waals surface area (Å²) >= 11 is 0. The minimum atomic E-state index is -1.82. The van der Waals surface area contributed by atoms with Gasteiger partial charge in [-0.05, 0) is 49.5 Å². The molecule has 2 aromatic rings. The topological polar surface area (TPSA) is 87.1 Å². The average molecular weight is 442 g/mol. The summed E-state index contributed by atoms with van der Waals surface area (Å²) in [6, 6.07) is 19.2. The van der Waals surface area contributed by atoms with E-state index in [9.17, 15) is 0 Å². The first-order valence-electron chi connectivity index (χ1n) is 11.4. The number of hydrogen-bond donors (Lipinski definition) is 2. The van der Waals surface area contributed by atoms with Gasteiger partial charge in [0.15, 0.2) is 0 Å². The molecule has 2 N–H and O–H groups in total. The molecule has 1 heterocycles. The molecule has 1 aliphatic heterocycles. The predicted molar refractivity (Wildman–Crippen MR) is 125 cm³/mol. The first kappa shape index (κ1) is 25.4. The first-order chi connectivity index (χ1) is 15.5. The molecule has 1 fully saturated rings. The second-order valence-corrected chi connectivity index (χ2v) is 8.21. The maximum atomic E-state index is 9.10. The largest absolute Gasteiger partial charge is 0.493 e. The van der Waals surface area contributed by atoms with Crippen LogP contribution in [0.2, 0.25) is 0 Å². The number of hydrogen-bond acceptors (Lipinski definition) is 4. The molecular formula is C26H35NO5. The Bertz CT molecular complexity index is 812. The molecule has 0 saturated carbocycles. The molecule has 2 aromatic carbocycles. The second-order valence-electron chi connectivity index (χ2n) is 8.21. The van der Waals surface area contributed by atoms with Crippen molar-refractivity contribution in [2.75, 3.05) is 26.2 Å². The van der Waals surface area contributed by atoms with Crippen molar-refractivity contribution >= 4 is 11.9 Å². The normalized spacial score (nSPS) is 16.0. The van der Waals surface area contributed by atoms with Gasteiger partial charge in [-0.15, -0.1) is 0 Å². The molecule has 1 aliphatic rings. The van der Waals surface area contributed by atoms with Gasteiger partial charge < -0.3 is 19.8 Å². The Labute approximate surface area is 190 Å². The maximum absolute atomic E-state index is 9.10. The summed E-state index contributed by atoms with van der Waals surface area (Å²) in [5, 5.41) is 14.8. The monoisotopic (exact) mass is 441 g/mol. The van der Waals surface area contributed by atoms with Gasteiger partial charge in [0, 0.05) is 18.9 Å². The summed E-state index contributed by atoms with van der Waals surface area (Å²) < 4.78 is 6.30. The Balaban J connectivity index is 0.000000534. The van der Waals surface area contributed by atoms with E-state index in [1.54, 1.807) is 0 Å². The number of carbonyl (C=O) groups is 2. The number of para-hydroxylation sites is 1. The Morgan fingerprint density at radius 2 is 1.69 bits per heavy atom. The molecule has 6 nitrogen and oxygen atoms in total. The number of carboxylic acid groups (broad SMARTS) is 2. The molecule has 1 saturated heterocycles. The van der Waals surface area contributed by atoms with Crippen LogP contribution in [-0.2, 0) is 16.0 Å². The van der Waals surface area contributed by atoms with Crippen molar-refractivity contribution in [3.8, 4) is 5.75 Å². The van der Waals surface area contributed by atoms with Crippen LogP contribution in [-0.4, -0.2) is 53.3 Å². The molecule has 0 aliphatic carbocycles. The number of nitrogens with zero attached hydrogens (tertiary/aromatic N) is 1. The molecule has 6 heteroatoms. The Morgan fingerprint density at radius 3 is 2.38 bits per heavy atom. The van der Waals surface area contributed by atoms with Crippen molar-refractivity contribution in [3.63, 3.8) is 0 Å². The lowest BCUT2D eigenvalue weighted by Gasteiger charge is -2.32. The van der Waals surface area contributed by atoms with Gasteiger partial charge in [0.1, 0.15) is 5.75 Å². The van der Waals surface area contributed by atoms with Crippen molar-refractivity contribution in [2.24, 2.45) is 5.92 Å². The van der Waals surface area contributed by atoms with E-state index in [1.165, 1.54) is 62.9 Å². The molecule has 0 spiro atoms. The highest BCUT2D eigenvalue weighted by molar-refractivity contribution is 6.27. The van der Waals surface area contributed by atoms with Crippen LogP contribution in [0.3, 0.4) is 0 Å². The van der Waals surface area contributed by atoms with E-state index in [1.807, 2.05) is 0 Å². The van der Waals surface area contributed by atoms with Crippen LogP contribution in [0.1, 0.15) is 50.2 Å². The van der Waals surface area contributed by atoms with Gasteiger partial charge in [0.25, 0.3) is 0 Å². The summed E-state index contributed by atoms with van der Waals surface area (Å²) in [4.78, 5) is 20.8. The zero-order valence-electron chi connectivity index (χ0n) is 18.9. The quantitative estimate of drug-likeness (QED) is 0.433. The number of benzene rings is 2. The van der Waals surface area contributed by atoms with Crippen LogP contribution in [0, 0.1) is 5.92 Å². The van der Waals surface area contributed by atoms with Gasteiger partial charge in [-0.1, -0.05) is 68.3 Å². The zero-order chi connectivity index (χ0) is 23.2. The van der Waals surface area contributed by atoms with Crippen molar-refractivity contribution < 1.29 is 24.5 Å². The lowest BCUT2D eigenvalue weighted by Crippen LogP contribution is -2.38. The maximum Gasteiger partial charge on any atom is 0.414 e. The molecule has 0 bridgehead atoms. The molecule has 0 amide bonds. The SMILES string of the molecule is CCCCCN1CCCC(COc2ccccc2Cc2ccccc2)C1.O=C(O)C(=O)O. The van der Waals surface area contributed by atoms with Crippen molar-refractivity contribution in [2.45, 2.75) is 45.4 Å². The van der Waals surface area contributed by atoms with E-state index in [4.69, 9.17) is 24.5 Å². The summed E-state index contributed by atoms with van der Waals surface area (Å²) in [5.41, 5.74) is 2.62. The van der Waals surface area contributed by atoms with Crippen LogP contribution in [0.25, 0.3) is 0 Å². The third kappa shape index (κ3) is 9.52. The molecule has 0 aromatic heterocycles. The molecule has 1 unspecified atom stereocenters. The minimum Gasteiger partial charge on any atom is -0.493 e. The smallest absolute Gasteiger partial charge is 0.414 e. The van der Waals surface area contributed by atoms with Crippen LogP contribution in [0.15, 0.2) is 54.6 Å². The fourth-order valence-corrected chi connectivity index (χ4v) is 3.89. The first-order valence-corrected chi connectivity index (χ1v) is 11.4. The lowest BCUT2D eigenvalue weighted by atomic mass is 9.98. The second kappa shape index (κ2) is 14.2. The van der Waals surface area contributed by atoms with Crippen molar-refractivity contribution in [1.29, 1.82) is 0 Å². The summed E-state index contributed by atoms with van der Waals surface area (Å²) in [7, 11) is 0. The third-order valence-corrected chi connectivity index (χ3v) is 5.55. The van der Waals surface area contributed by atoms with E-state index < -0.39 is 11.9 Å². The van der Waals surface area contributed by atoms with Crippen LogP contribution in [0.4, 0.5) is 0 Å². The standard InChI is InChI=1S/C24H33NO.C2H2O4/c1-2-3-9-16-25-17-10-13-22(19-25)20-26-24-15-8-7-14-23(24)18-21-11-5-4-6-12-21;3-1(4)2(5)6/h4-8,11-12,14-15,22H,2-3,9-10,13,16-20H2,1H3;(H,3,4)(H,5,6). The van der Waals surface area contributed by atoms with Crippen LogP contribution in [0.5, 0.6) is 5.75 Å². The third-order valence-electron chi connectivity index (χ3n) is 5.55. The van der Waals surface area contributed by atoms with Crippen molar-refractivity contribution in [3.05, 3.63) is 65.7 Å². The van der Waals surface area contributed by atoms with E-state index in [0.29, 0.717) is 5.92 Å². The highest BCUT2D eigenvalue weighted by Gasteiger charge is 2.20. The number of carboxylic acids is 2. The van der Waals surface area contributed by atoms with Gasteiger partial charge in [0.05, 0.1) is 6.61 Å². The van der Waals surface area contributed by atoms with Gasteiger partial charge >= 0.3 is 11.9 Å². The van der Waals surface area contributed by atoms with E-state index in [0.717, 1.165) is 18.8 Å². The number of aliphatic carboxylic acids is 2. The number of unbranched alkanes of at least 4 members (excludes halogenated alkanes) is 2. The minimum absolute atomic E-state index is 0.662. The molecular weight excluding hydrogens is 406 g/mol. The predicted octanol–water partition coefficient (Wildman–Crippen LogP) is 4.71. The Kier molecular flexibility index (Phi) is 11.3. The lowest BCUT2D eigenvalue weighted by molar-refractivity contribution is -0.159. The van der Waals surface area contributed by atoms with Gasteiger partial charge in [-0.3, -0.25) is 0 Å². The number of ether oxygens (including phenoxy) is 1. The average Bonchev–Trinajstić information content (AvgIpc) is 2.80. The number of likely N-dealkylation sites (tertiary alicyclic amines) is 1. The highest BCUT2D eigenvalue weighted by Crippen LogP contribution is 2.24. The molecule has 174 valence electrons. The number of rotatable bonds is 9. The number of piperidine rings is 1. The van der Waals surface area contributed by atoms with Gasteiger partial charge in [-0.2, -0.15) is 0 Å². The zero-order valence-corrected chi connectivity index (χ0v) is 18.9. The molecule has 32 heavy (non-hydrogen) atoms. The van der Waals surface area contributed by atoms with Gasteiger partial charge in [-0.25, -0.2) is 9.59 Å². The Morgan fingerprint density at radius 1 is 1.00 bits per heavy atom. The van der Waals surface area contributed by atoms with E-state index in [2.05, 4.69) is 66.4 Å². The summed E-state index contributed by atoms with van der Waals surface area (Å²) in [6.45, 7) is 6.85. The molecule has 1 atom stereocenters. The van der Waals surface area contributed by atoms with Crippen LogP contribution < -0.4 is 4.74 Å². The molecule has 0 radical (unpaired) electrons. The summed E-state index contributed by atoms with van der Waals surface area (Å²) in [5.74, 6) is -1.93. The fourth-order valence-electron chi connectivity index (χ4n) is 3.89. The van der Waals surface area contributed by atoms with Gasteiger partial charge in [0.2, 0.25) is 0 Å².